The topological polar surface area (TPSA) is 51.0 Å². The molecule has 1 aliphatic heterocycles. The van der Waals surface area contributed by atoms with Crippen molar-refractivity contribution >= 4 is 21.4 Å². The third-order valence-corrected chi connectivity index (χ3v) is 5.08. The number of piperidine rings is 1. The van der Waals surface area contributed by atoms with Gasteiger partial charge in [-0.25, -0.2) is 0 Å². The highest BCUT2D eigenvalue weighted by molar-refractivity contribution is 7.22. The molecule has 21 heavy (non-hydrogen) atoms. The van der Waals surface area contributed by atoms with Crippen molar-refractivity contribution in [3.05, 3.63) is 36.2 Å². The molecule has 0 radical (unpaired) electrons. The van der Waals surface area contributed by atoms with Gasteiger partial charge in [-0.1, -0.05) is 23.4 Å². The molecule has 1 aromatic carbocycles. The van der Waals surface area contributed by atoms with Gasteiger partial charge >= 0.3 is 0 Å². The highest BCUT2D eigenvalue weighted by Gasteiger charge is 2.18. The number of thiophene rings is 1. The molecular weight excluding hydrogens is 282 g/mol. The quantitative estimate of drug-likeness (QED) is 0.804. The summed E-state index contributed by atoms with van der Waals surface area (Å²) in [6.45, 7) is 2.20. The maximum absolute atomic E-state index is 5.45. The first-order valence-electron chi connectivity index (χ1n) is 7.41. The van der Waals surface area contributed by atoms with Crippen LogP contribution >= 0.6 is 11.3 Å². The molecule has 3 heterocycles. The highest BCUT2D eigenvalue weighted by Crippen LogP contribution is 2.32. The standard InChI is InChI=1S/C16H17N3OS/c1-2-6-13-12(5-1)9-14(21-13)16-18-15(19-20-16)8-11-4-3-7-17-10-11/h1-2,5-6,9,11,17H,3-4,7-8,10H2. The molecule has 2 aromatic heterocycles. The molecule has 4 rings (SSSR count). The van der Waals surface area contributed by atoms with E-state index in [0.717, 1.165) is 30.2 Å². The van der Waals surface area contributed by atoms with Gasteiger partial charge in [0.1, 0.15) is 0 Å². The van der Waals surface area contributed by atoms with Gasteiger partial charge in [0, 0.05) is 11.1 Å². The van der Waals surface area contributed by atoms with E-state index >= 15 is 0 Å². The van der Waals surface area contributed by atoms with Crippen molar-refractivity contribution in [3.63, 3.8) is 0 Å². The predicted molar refractivity (Wildman–Crippen MR) is 84.4 cm³/mol. The first kappa shape index (κ1) is 13.0. The van der Waals surface area contributed by atoms with Crippen LogP contribution in [0.2, 0.25) is 0 Å². The average molecular weight is 299 g/mol. The maximum Gasteiger partial charge on any atom is 0.268 e. The van der Waals surface area contributed by atoms with Gasteiger partial charge < -0.3 is 9.84 Å². The molecule has 4 nitrogen and oxygen atoms in total. The number of aromatic nitrogens is 2. The van der Waals surface area contributed by atoms with E-state index in [9.17, 15) is 0 Å². The van der Waals surface area contributed by atoms with Gasteiger partial charge in [-0.15, -0.1) is 11.3 Å². The Bertz CT molecular complexity index is 710. The Hall–Kier alpha value is -1.72. The Morgan fingerprint density at radius 2 is 2.29 bits per heavy atom. The summed E-state index contributed by atoms with van der Waals surface area (Å²) < 4.78 is 6.70. The zero-order chi connectivity index (χ0) is 14.1. The van der Waals surface area contributed by atoms with Crippen molar-refractivity contribution in [2.24, 2.45) is 5.92 Å². The molecular formula is C16H17N3OS. The van der Waals surface area contributed by atoms with E-state index in [1.54, 1.807) is 11.3 Å². The normalized spacial score (nSPS) is 19.1. The summed E-state index contributed by atoms with van der Waals surface area (Å²) in [6.07, 6.45) is 3.40. The lowest BCUT2D eigenvalue weighted by Gasteiger charge is -2.20. The van der Waals surface area contributed by atoms with Crippen LogP contribution in [0.1, 0.15) is 18.7 Å². The van der Waals surface area contributed by atoms with Crippen LogP contribution in [0, 0.1) is 5.92 Å². The van der Waals surface area contributed by atoms with Crippen LogP contribution in [0.25, 0.3) is 20.9 Å². The lowest BCUT2D eigenvalue weighted by Crippen LogP contribution is -2.31. The number of nitrogens with one attached hydrogen (secondary N) is 1. The van der Waals surface area contributed by atoms with E-state index in [1.807, 2.05) is 6.07 Å². The number of rotatable bonds is 3. The second-order valence-electron chi connectivity index (χ2n) is 5.58. The average Bonchev–Trinajstić information content (AvgIpc) is 3.14. The monoisotopic (exact) mass is 299 g/mol. The van der Waals surface area contributed by atoms with Crippen LogP contribution in [0.15, 0.2) is 34.9 Å². The van der Waals surface area contributed by atoms with Crippen molar-refractivity contribution < 1.29 is 4.52 Å². The van der Waals surface area contributed by atoms with Crippen molar-refractivity contribution in [1.29, 1.82) is 0 Å². The lowest BCUT2D eigenvalue weighted by atomic mass is 9.96. The summed E-state index contributed by atoms with van der Waals surface area (Å²) in [7, 11) is 0. The van der Waals surface area contributed by atoms with Crippen molar-refractivity contribution in [1.82, 2.24) is 15.5 Å². The minimum atomic E-state index is 0.631. The Morgan fingerprint density at radius 3 is 3.14 bits per heavy atom. The fourth-order valence-corrected chi connectivity index (χ4v) is 3.87. The zero-order valence-electron chi connectivity index (χ0n) is 11.7. The van der Waals surface area contributed by atoms with Crippen molar-refractivity contribution in [2.75, 3.05) is 13.1 Å². The Balaban J connectivity index is 1.55. The largest absolute Gasteiger partial charge is 0.333 e. The van der Waals surface area contributed by atoms with Crippen LogP contribution in [0.4, 0.5) is 0 Å². The maximum atomic E-state index is 5.45. The minimum absolute atomic E-state index is 0.631. The van der Waals surface area contributed by atoms with Crippen LogP contribution < -0.4 is 5.32 Å². The number of hydrogen-bond donors (Lipinski definition) is 1. The van der Waals surface area contributed by atoms with E-state index < -0.39 is 0 Å². The number of hydrogen-bond acceptors (Lipinski definition) is 5. The molecule has 1 aliphatic rings. The second-order valence-corrected chi connectivity index (χ2v) is 6.66. The third kappa shape index (κ3) is 2.71. The summed E-state index contributed by atoms with van der Waals surface area (Å²) in [5.74, 6) is 2.11. The molecule has 0 aliphatic carbocycles. The molecule has 3 aromatic rings. The molecule has 0 amide bonds. The summed E-state index contributed by atoms with van der Waals surface area (Å²) in [6, 6.07) is 10.5. The van der Waals surface area contributed by atoms with E-state index in [1.165, 1.54) is 22.9 Å². The fraction of sp³-hybridized carbons (Fsp3) is 0.375. The van der Waals surface area contributed by atoms with Gasteiger partial charge in [0.25, 0.3) is 5.89 Å². The van der Waals surface area contributed by atoms with Gasteiger partial charge in [-0.3, -0.25) is 0 Å². The number of nitrogens with zero attached hydrogens (tertiary/aromatic N) is 2. The Kier molecular flexibility index (Phi) is 3.45. The molecule has 1 saturated heterocycles. The van der Waals surface area contributed by atoms with E-state index in [0.29, 0.717) is 11.8 Å². The van der Waals surface area contributed by atoms with Gasteiger partial charge in [-0.05, 0) is 49.4 Å². The van der Waals surface area contributed by atoms with Gasteiger partial charge in [0.15, 0.2) is 5.82 Å². The molecule has 5 heteroatoms. The molecule has 0 bridgehead atoms. The lowest BCUT2D eigenvalue weighted by molar-refractivity contribution is 0.360. The first-order valence-corrected chi connectivity index (χ1v) is 8.22. The molecule has 1 unspecified atom stereocenters. The predicted octanol–water partition coefficient (Wildman–Crippen LogP) is 3.49. The molecule has 0 saturated carbocycles. The molecule has 1 fully saturated rings. The minimum Gasteiger partial charge on any atom is -0.333 e. The van der Waals surface area contributed by atoms with Crippen LogP contribution in [0.3, 0.4) is 0 Å². The fourth-order valence-electron chi connectivity index (χ4n) is 2.88. The molecule has 1 atom stereocenters. The molecule has 0 spiro atoms. The van der Waals surface area contributed by atoms with Gasteiger partial charge in [0.05, 0.1) is 4.88 Å². The summed E-state index contributed by atoms with van der Waals surface area (Å²) in [4.78, 5) is 5.63. The second kappa shape index (κ2) is 5.58. The van der Waals surface area contributed by atoms with E-state index in [2.05, 4.69) is 39.7 Å². The summed E-state index contributed by atoms with van der Waals surface area (Å²) in [5.41, 5.74) is 0. The Labute approximate surface area is 127 Å². The zero-order valence-corrected chi connectivity index (χ0v) is 12.5. The summed E-state index contributed by atoms with van der Waals surface area (Å²) in [5, 5.41) is 8.81. The van der Waals surface area contributed by atoms with Crippen LogP contribution in [-0.2, 0) is 6.42 Å². The number of benzene rings is 1. The van der Waals surface area contributed by atoms with E-state index in [4.69, 9.17) is 4.52 Å². The smallest absolute Gasteiger partial charge is 0.268 e. The number of fused-ring (bicyclic) bond motifs is 1. The van der Waals surface area contributed by atoms with Crippen LogP contribution in [0.5, 0.6) is 0 Å². The van der Waals surface area contributed by atoms with Crippen LogP contribution in [-0.4, -0.2) is 23.2 Å². The molecule has 108 valence electrons. The third-order valence-electron chi connectivity index (χ3n) is 3.97. The Morgan fingerprint density at radius 1 is 1.33 bits per heavy atom. The highest BCUT2D eigenvalue weighted by atomic mass is 32.1. The van der Waals surface area contributed by atoms with Crippen molar-refractivity contribution in [2.45, 2.75) is 19.3 Å². The van der Waals surface area contributed by atoms with Crippen molar-refractivity contribution in [3.8, 4) is 10.8 Å². The summed E-state index contributed by atoms with van der Waals surface area (Å²) >= 11 is 1.70. The van der Waals surface area contributed by atoms with Gasteiger partial charge in [-0.2, -0.15) is 4.98 Å². The molecule has 1 N–H and O–H groups in total. The first-order chi connectivity index (χ1) is 10.4. The van der Waals surface area contributed by atoms with E-state index in [-0.39, 0.29) is 0 Å². The van der Waals surface area contributed by atoms with Gasteiger partial charge in [0.2, 0.25) is 0 Å². The SMILES string of the molecule is c1ccc2sc(-c3nc(CC4CCCNC4)no3)cc2c1.